The summed E-state index contributed by atoms with van der Waals surface area (Å²) in [4.78, 5) is 10.9. The number of carbonyl (C=O) groups is 1. The Morgan fingerprint density at radius 3 is 2.57 bits per heavy atom. The van der Waals surface area contributed by atoms with Gasteiger partial charge in [-0.2, -0.15) is 0 Å². The van der Waals surface area contributed by atoms with E-state index in [0.29, 0.717) is 6.42 Å². The molecule has 0 amide bonds. The number of nitrogens with zero attached hydrogens (tertiary/aromatic N) is 1. The normalized spacial score (nSPS) is 11.9. The van der Waals surface area contributed by atoms with Crippen molar-refractivity contribution in [1.29, 1.82) is 0 Å². The van der Waals surface area contributed by atoms with E-state index >= 15 is 0 Å². The molecule has 0 spiro atoms. The van der Waals surface area contributed by atoms with Crippen LogP contribution in [0.25, 0.3) is 0 Å². The minimum atomic E-state index is -0.169. The molecule has 0 aliphatic heterocycles. The van der Waals surface area contributed by atoms with Crippen LogP contribution in [-0.4, -0.2) is 50.5 Å². The second-order valence-corrected chi connectivity index (χ2v) is 5.67. The smallest absolute Gasteiger partial charge is 0.310 e. The summed E-state index contributed by atoms with van der Waals surface area (Å²) < 4.78 is 5.61. The Bertz CT molecular complexity index is 187. The molecule has 0 aromatic carbocycles. The molecule has 4 heteroatoms. The van der Waals surface area contributed by atoms with Gasteiger partial charge >= 0.3 is 5.97 Å². The van der Waals surface area contributed by atoms with Gasteiger partial charge in [0.25, 0.3) is 0 Å². The van der Waals surface area contributed by atoms with Crippen LogP contribution in [0.2, 0.25) is 0 Å². The molecular weight excluding hydrogens is 197 g/mol. The SMILES string of the molecule is C=COC(=O)CCPCC[N+](C)(C)C. The third-order valence-electron chi connectivity index (χ3n) is 1.68. The van der Waals surface area contributed by atoms with Gasteiger partial charge in [0, 0.05) is 12.6 Å². The van der Waals surface area contributed by atoms with Gasteiger partial charge in [-0.05, 0) is 6.16 Å². The molecule has 14 heavy (non-hydrogen) atoms. The molecule has 0 heterocycles. The zero-order valence-electron chi connectivity index (χ0n) is 9.38. The van der Waals surface area contributed by atoms with Crippen molar-refractivity contribution in [3.8, 4) is 0 Å². The Morgan fingerprint density at radius 2 is 2.07 bits per heavy atom. The molecule has 0 saturated carbocycles. The van der Waals surface area contributed by atoms with Gasteiger partial charge in [-0.25, -0.2) is 0 Å². The van der Waals surface area contributed by atoms with Gasteiger partial charge in [-0.3, -0.25) is 4.79 Å². The maximum atomic E-state index is 10.9. The Labute approximate surface area is 88.5 Å². The second kappa shape index (κ2) is 6.97. The molecule has 0 fully saturated rings. The fourth-order valence-electron chi connectivity index (χ4n) is 0.882. The van der Waals surface area contributed by atoms with Crippen LogP contribution in [0, 0.1) is 0 Å². The molecule has 0 bridgehead atoms. The lowest BCUT2D eigenvalue weighted by Gasteiger charge is -2.23. The zero-order chi connectivity index (χ0) is 11.0. The molecule has 0 aromatic rings. The highest BCUT2D eigenvalue weighted by molar-refractivity contribution is 7.38. The van der Waals surface area contributed by atoms with E-state index in [1.54, 1.807) is 0 Å². The molecule has 0 aromatic heterocycles. The fourth-order valence-corrected chi connectivity index (χ4v) is 2.34. The van der Waals surface area contributed by atoms with Gasteiger partial charge in [0.15, 0.2) is 0 Å². The topological polar surface area (TPSA) is 26.3 Å². The van der Waals surface area contributed by atoms with E-state index < -0.39 is 0 Å². The van der Waals surface area contributed by atoms with Gasteiger partial charge in [0.05, 0.1) is 33.9 Å². The maximum absolute atomic E-state index is 10.9. The van der Waals surface area contributed by atoms with Crippen LogP contribution < -0.4 is 0 Å². The largest absolute Gasteiger partial charge is 0.435 e. The van der Waals surface area contributed by atoms with Crippen LogP contribution in [0.4, 0.5) is 0 Å². The number of carbonyl (C=O) groups excluding carboxylic acids is 1. The van der Waals surface area contributed by atoms with Gasteiger partial charge in [0.2, 0.25) is 0 Å². The maximum Gasteiger partial charge on any atom is 0.310 e. The standard InChI is InChI=1S/C10H21NO2P/c1-5-13-10(12)6-8-14-9-7-11(2,3)4/h5,14H,1,6-9H2,2-4H3/q+1. The first kappa shape index (κ1) is 13.6. The Hall–Kier alpha value is -0.400. The van der Waals surface area contributed by atoms with Crippen molar-refractivity contribution in [1.82, 2.24) is 0 Å². The predicted molar refractivity (Wildman–Crippen MR) is 61.9 cm³/mol. The highest BCUT2D eigenvalue weighted by Gasteiger charge is 2.06. The summed E-state index contributed by atoms with van der Waals surface area (Å²) >= 11 is 0. The number of rotatable bonds is 7. The number of hydrogen-bond donors (Lipinski definition) is 0. The van der Waals surface area contributed by atoms with Crippen LogP contribution in [-0.2, 0) is 9.53 Å². The highest BCUT2D eigenvalue weighted by Crippen LogP contribution is 2.12. The molecule has 1 atom stereocenters. The number of ether oxygens (including phenoxy) is 1. The van der Waals surface area contributed by atoms with Crippen molar-refractivity contribution < 1.29 is 14.0 Å². The quantitative estimate of drug-likeness (QED) is 0.212. The molecule has 0 rings (SSSR count). The molecule has 0 radical (unpaired) electrons. The van der Waals surface area contributed by atoms with Gasteiger partial charge in [-0.15, -0.1) is 8.58 Å². The van der Waals surface area contributed by atoms with E-state index in [4.69, 9.17) is 0 Å². The lowest BCUT2D eigenvalue weighted by molar-refractivity contribution is -0.867. The Kier molecular flexibility index (Phi) is 6.77. The van der Waals surface area contributed by atoms with Crippen molar-refractivity contribution in [2.45, 2.75) is 6.42 Å². The van der Waals surface area contributed by atoms with Crippen molar-refractivity contribution >= 4 is 14.6 Å². The molecule has 0 N–H and O–H groups in total. The third kappa shape index (κ3) is 9.69. The molecule has 0 aliphatic carbocycles. The first-order chi connectivity index (χ1) is 6.45. The molecule has 1 unspecified atom stereocenters. The van der Waals surface area contributed by atoms with Crippen LogP contribution >= 0.6 is 8.58 Å². The average Bonchev–Trinajstić information content (AvgIpc) is 2.02. The summed E-state index contributed by atoms with van der Waals surface area (Å²) in [6.45, 7) is 4.50. The number of quaternary nitrogens is 1. The lowest BCUT2D eigenvalue weighted by atomic mass is 10.5. The summed E-state index contributed by atoms with van der Waals surface area (Å²) in [5.74, 6) is -0.169. The molecule has 0 aliphatic rings. The van der Waals surface area contributed by atoms with E-state index in [2.05, 4.69) is 32.5 Å². The van der Waals surface area contributed by atoms with E-state index in [1.807, 2.05) is 0 Å². The van der Waals surface area contributed by atoms with Crippen molar-refractivity contribution in [3.63, 3.8) is 0 Å². The summed E-state index contributed by atoms with van der Waals surface area (Å²) in [6.07, 6.45) is 3.83. The highest BCUT2D eigenvalue weighted by atomic mass is 31.1. The second-order valence-electron chi connectivity index (χ2n) is 4.17. The molecule has 82 valence electrons. The first-order valence-corrected chi connectivity index (χ1v) is 6.18. The summed E-state index contributed by atoms with van der Waals surface area (Å²) in [5, 5.41) is 0. The van der Waals surface area contributed by atoms with Crippen molar-refractivity contribution in [2.24, 2.45) is 0 Å². The molecule has 0 saturated heterocycles. The van der Waals surface area contributed by atoms with Crippen LogP contribution in [0.1, 0.15) is 6.42 Å². The van der Waals surface area contributed by atoms with Crippen LogP contribution in [0.5, 0.6) is 0 Å². The number of hydrogen-bond acceptors (Lipinski definition) is 2. The van der Waals surface area contributed by atoms with Crippen molar-refractivity contribution in [3.05, 3.63) is 12.8 Å². The minimum absolute atomic E-state index is 0.169. The van der Waals surface area contributed by atoms with E-state index in [0.717, 1.165) is 25.8 Å². The van der Waals surface area contributed by atoms with Gasteiger partial charge < -0.3 is 9.22 Å². The van der Waals surface area contributed by atoms with Gasteiger partial charge in [-0.1, -0.05) is 6.58 Å². The summed E-state index contributed by atoms with van der Waals surface area (Å²) in [5.41, 5.74) is 0. The Balaban J connectivity index is 3.30. The van der Waals surface area contributed by atoms with Crippen molar-refractivity contribution in [2.75, 3.05) is 40.0 Å². The average molecular weight is 218 g/mol. The first-order valence-electron chi connectivity index (χ1n) is 4.77. The minimum Gasteiger partial charge on any atom is -0.435 e. The zero-order valence-corrected chi connectivity index (χ0v) is 10.4. The van der Waals surface area contributed by atoms with Crippen LogP contribution in [0.3, 0.4) is 0 Å². The summed E-state index contributed by atoms with van der Waals surface area (Å²) in [7, 11) is 7.38. The fraction of sp³-hybridized carbons (Fsp3) is 0.700. The third-order valence-corrected chi connectivity index (χ3v) is 2.86. The predicted octanol–water partition coefficient (Wildman–Crippen LogP) is 1.45. The summed E-state index contributed by atoms with van der Waals surface area (Å²) in [6, 6.07) is 0. The van der Waals surface area contributed by atoms with Crippen LogP contribution in [0.15, 0.2) is 12.8 Å². The molecule has 3 nitrogen and oxygen atoms in total. The van der Waals surface area contributed by atoms with E-state index in [-0.39, 0.29) is 5.97 Å². The van der Waals surface area contributed by atoms with E-state index in [9.17, 15) is 4.79 Å². The monoisotopic (exact) mass is 218 g/mol. The van der Waals surface area contributed by atoms with E-state index in [1.165, 1.54) is 12.4 Å². The Morgan fingerprint density at radius 1 is 1.43 bits per heavy atom. The number of esters is 1. The van der Waals surface area contributed by atoms with Gasteiger partial charge in [0.1, 0.15) is 0 Å². The lowest BCUT2D eigenvalue weighted by Crippen LogP contribution is -2.36. The molecular formula is C10H21NO2P+.